The highest BCUT2D eigenvalue weighted by molar-refractivity contribution is 5.92. The van der Waals surface area contributed by atoms with Crippen molar-refractivity contribution in [1.82, 2.24) is 0 Å². The average molecular weight is 315 g/mol. The van der Waals surface area contributed by atoms with E-state index in [0.29, 0.717) is 0 Å². The Balaban J connectivity index is 2.48. The third-order valence-corrected chi connectivity index (χ3v) is 3.59. The molecule has 0 radical (unpaired) electrons. The van der Waals surface area contributed by atoms with Gasteiger partial charge in [0, 0.05) is 11.3 Å². The molecule has 9 nitrogen and oxygen atoms in total. The molecule has 0 saturated carbocycles. The van der Waals surface area contributed by atoms with E-state index in [9.17, 15) is 25.2 Å². The van der Waals surface area contributed by atoms with Crippen LogP contribution in [0.3, 0.4) is 0 Å². The molecule has 1 heterocycles. The Kier molecular flexibility index (Phi) is 4.54. The van der Waals surface area contributed by atoms with Crippen LogP contribution in [0, 0.1) is 0 Å². The van der Waals surface area contributed by atoms with Crippen molar-refractivity contribution in [1.29, 1.82) is 0 Å². The molecule has 9 heteroatoms. The fraction of sp³-hybridized carbons (Fsp3) is 0.462. The van der Waals surface area contributed by atoms with Crippen LogP contribution < -0.4 is 5.73 Å². The zero-order chi connectivity index (χ0) is 16.6. The molecule has 1 aromatic rings. The first kappa shape index (κ1) is 16.5. The number of anilines is 1. The molecule has 122 valence electrons. The van der Waals surface area contributed by atoms with E-state index >= 15 is 0 Å². The van der Waals surface area contributed by atoms with Crippen molar-refractivity contribution >= 4 is 11.7 Å². The van der Waals surface area contributed by atoms with Gasteiger partial charge in [-0.25, -0.2) is 4.79 Å². The van der Waals surface area contributed by atoms with Crippen molar-refractivity contribution in [3.05, 3.63) is 23.3 Å². The van der Waals surface area contributed by atoms with E-state index < -0.39 is 54.4 Å². The maximum Gasteiger partial charge on any atom is 0.339 e. The van der Waals surface area contributed by atoms with Crippen LogP contribution >= 0.6 is 0 Å². The van der Waals surface area contributed by atoms with Gasteiger partial charge in [0.25, 0.3) is 0 Å². The Bertz CT molecular complexity index is 575. The summed E-state index contributed by atoms with van der Waals surface area (Å²) in [5.74, 6) is -2.11. The third kappa shape index (κ3) is 2.72. The highest BCUT2D eigenvalue weighted by Crippen LogP contribution is 2.39. The number of aliphatic hydroxyl groups excluding tert-OH is 4. The van der Waals surface area contributed by atoms with Crippen molar-refractivity contribution in [3.63, 3.8) is 0 Å². The fourth-order valence-corrected chi connectivity index (χ4v) is 2.42. The van der Waals surface area contributed by atoms with Crippen LogP contribution in [0.5, 0.6) is 5.75 Å². The first-order valence-corrected chi connectivity index (χ1v) is 6.44. The number of rotatable bonds is 3. The minimum atomic E-state index is -1.65. The second-order valence-corrected chi connectivity index (χ2v) is 5.06. The molecule has 1 unspecified atom stereocenters. The molecule has 2 rings (SSSR count). The molecule has 5 atom stereocenters. The minimum absolute atomic E-state index is 0.00200. The lowest BCUT2D eigenvalue weighted by Crippen LogP contribution is -2.55. The second-order valence-electron chi connectivity index (χ2n) is 5.06. The van der Waals surface area contributed by atoms with Gasteiger partial charge in [0.2, 0.25) is 0 Å². The first-order chi connectivity index (χ1) is 10.3. The normalized spacial score (nSPS) is 31.9. The van der Waals surface area contributed by atoms with Crippen molar-refractivity contribution in [2.45, 2.75) is 30.5 Å². The van der Waals surface area contributed by atoms with Gasteiger partial charge in [0.1, 0.15) is 41.8 Å². The summed E-state index contributed by atoms with van der Waals surface area (Å²) in [6.07, 6.45) is -7.40. The summed E-state index contributed by atoms with van der Waals surface area (Å²) in [6.45, 7) is -0.643. The van der Waals surface area contributed by atoms with Gasteiger partial charge >= 0.3 is 5.97 Å². The van der Waals surface area contributed by atoms with Gasteiger partial charge < -0.3 is 41.1 Å². The summed E-state index contributed by atoms with van der Waals surface area (Å²) in [5.41, 5.74) is 4.92. The number of ether oxygens (including phenoxy) is 1. The van der Waals surface area contributed by atoms with Crippen LogP contribution in [0.25, 0.3) is 0 Å². The lowest BCUT2D eigenvalue weighted by molar-refractivity contribution is -0.232. The molecule has 1 aliphatic rings. The van der Waals surface area contributed by atoms with Gasteiger partial charge in [-0.15, -0.1) is 0 Å². The zero-order valence-electron chi connectivity index (χ0n) is 11.3. The Hall–Kier alpha value is -1.91. The standard InChI is InChI=1S/C13H17NO8/c14-4-1-5(8(16)6(2-4)13(20)21)12-11(19)10(18)9(17)7(3-15)22-12/h1-2,7,9-12,15-19H,3,14H2,(H,20,21)/t7-,9-,10+,11-,12?/m1/s1. The molecule has 8 N–H and O–H groups in total. The predicted molar refractivity (Wildman–Crippen MR) is 72.2 cm³/mol. The van der Waals surface area contributed by atoms with Crippen LogP contribution in [-0.4, -0.2) is 67.6 Å². The van der Waals surface area contributed by atoms with E-state index in [0.717, 1.165) is 6.07 Å². The second kappa shape index (κ2) is 6.07. The van der Waals surface area contributed by atoms with E-state index in [1.165, 1.54) is 6.07 Å². The number of aromatic carboxylic acids is 1. The summed E-state index contributed by atoms with van der Waals surface area (Å²) in [7, 11) is 0. The van der Waals surface area contributed by atoms with Gasteiger partial charge in [-0.1, -0.05) is 0 Å². The Labute approximate surface area is 124 Å². The highest BCUT2D eigenvalue weighted by Gasteiger charge is 2.45. The maximum atomic E-state index is 11.1. The number of nitrogens with two attached hydrogens (primary N) is 1. The number of benzene rings is 1. The molecule has 0 amide bonds. The molecule has 1 saturated heterocycles. The predicted octanol–water partition coefficient (Wildman–Crippen LogP) is -1.81. The number of carbonyl (C=O) groups is 1. The maximum absolute atomic E-state index is 11.1. The van der Waals surface area contributed by atoms with Crippen molar-refractivity contribution < 1.29 is 40.2 Å². The number of phenols is 1. The number of hydrogen-bond donors (Lipinski definition) is 7. The molecule has 1 fully saturated rings. The van der Waals surface area contributed by atoms with Crippen molar-refractivity contribution in [2.24, 2.45) is 0 Å². The van der Waals surface area contributed by atoms with Crippen LogP contribution in [0.15, 0.2) is 12.1 Å². The fourth-order valence-electron chi connectivity index (χ4n) is 2.42. The Morgan fingerprint density at radius 3 is 2.36 bits per heavy atom. The smallest absolute Gasteiger partial charge is 0.339 e. The summed E-state index contributed by atoms with van der Waals surface area (Å²) >= 11 is 0. The van der Waals surface area contributed by atoms with Crippen LogP contribution in [0.4, 0.5) is 5.69 Å². The molecule has 0 spiro atoms. The lowest BCUT2D eigenvalue weighted by Gasteiger charge is -2.40. The quantitative estimate of drug-likeness (QED) is 0.250. The Morgan fingerprint density at radius 2 is 1.82 bits per heavy atom. The van der Waals surface area contributed by atoms with Crippen LogP contribution in [-0.2, 0) is 4.74 Å². The first-order valence-electron chi connectivity index (χ1n) is 6.44. The number of nitrogen functional groups attached to an aromatic ring is 1. The third-order valence-electron chi connectivity index (χ3n) is 3.59. The van der Waals surface area contributed by atoms with Gasteiger partial charge in [0.15, 0.2) is 0 Å². The minimum Gasteiger partial charge on any atom is -0.507 e. The highest BCUT2D eigenvalue weighted by atomic mass is 16.5. The van der Waals surface area contributed by atoms with Gasteiger partial charge in [0.05, 0.1) is 6.61 Å². The Morgan fingerprint density at radius 1 is 1.18 bits per heavy atom. The average Bonchev–Trinajstić information content (AvgIpc) is 2.47. The number of hydrogen-bond acceptors (Lipinski definition) is 8. The molecular weight excluding hydrogens is 298 g/mol. The number of carboxylic acid groups (broad SMARTS) is 1. The van der Waals surface area contributed by atoms with E-state index in [2.05, 4.69) is 0 Å². The number of carboxylic acids is 1. The largest absolute Gasteiger partial charge is 0.507 e. The molecule has 1 aliphatic heterocycles. The molecule has 0 aromatic heterocycles. The zero-order valence-corrected chi connectivity index (χ0v) is 11.3. The molecule has 1 aromatic carbocycles. The van der Waals surface area contributed by atoms with Gasteiger partial charge in [-0.2, -0.15) is 0 Å². The summed E-state index contributed by atoms with van der Waals surface area (Å²) in [5, 5.41) is 57.7. The van der Waals surface area contributed by atoms with Gasteiger partial charge in [-0.05, 0) is 12.1 Å². The topological polar surface area (TPSA) is 174 Å². The van der Waals surface area contributed by atoms with E-state index in [4.69, 9.17) is 20.7 Å². The molecular formula is C13H17NO8. The SMILES string of the molecule is Nc1cc(C(=O)O)c(O)c(C2O[C@H](CO)[C@@H](O)[C@H](O)[C@H]2O)c1. The van der Waals surface area contributed by atoms with E-state index in [1.54, 1.807) is 0 Å². The van der Waals surface area contributed by atoms with Crippen molar-refractivity contribution in [3.8, 4) is 5.75 Å². The van der Waals surface area contributed by atoms with Crippen LogP contribution in [0.2, 0.25) is 0 Å². The monoisotopic (exact) mass is 315 g/mol. The molecule has 0 bridgehead atoms. The summed E-state index contributed by atoms with van der Waals surface area (Å²) in [6, 6.07) is 2.22. The van der Waals surface area contributed by atoms with Crippen molar-refractivity contribution in [2.75, 3.05) is 12.3 Å². The van der Waals surface area contributed by atoms with E-state index in [1.807, 2.05) is 0 Å². The number of aliphatic hydroxyl groups is 4. The molecule has 0 aliphatic carbocycles. The van der Waals surface area contributed by atoms with Crippen LogP contribution in [0.1, 0.15) is 22.0 Å². The number of aromatic hydroxyl groups is 1. The van der Waals surface area contributed by atoms with Gasteiger partial charge in [-0.3, -0.25) is 0 Å². The lowest BCUT2D eigenvalue weighted by atomic mass is 9.90. The summed E-state index contributed by atoms with van der Waals surface area (Å²) < 4.78 is 5.27. The molecule has 22 heavy (non-hydrogen) atoms. The summed E-state index contributed by atoms with van der Waals surface area (Å²) in [4.78, 5) is 11.1. The van der Waals surface area contributed by atoms with E-state index in [-0.39, 0.29) is 11.3 Å².